The van der Waals surface area contributed by atoms with Crippen LogP contribution in [0.25, 0.3) is 0 Å². The van der Waals surface area contributed by atoms with Gasteiger partial charge in [-0.15, -0.1) is 0 Å². The number of rotatable bonds is 8. The summed E-state index contributed by atoms with van der Waals surface area (Å²) < 4.78 is 10.4. The van der Waals surface area contributed by atoms with Gasteiger partial charge >= 0.3 is 5.97 Å². The molecule has 0 bridgehead atoms. The number of methoxy groups -OCH3 is 1. The predicted octanol–water partition coefficient (Wildman–Crippen LogP) is 3.11. The van der Waals surface area contributed by atoms with Gasteiger partial charge in [-0.2, -0.15) is 0 Å². The first kappa shape index (κ1) is 20.7. The van der Waals surface area contributed by atoms with E-state index in [1.807, 2.05) is 37.1 Å². The normalized spacial score (nSPS) is 13.3. The standard InChI is InChI=1S/C21H28N2O4/c1-14(17-9-7-6-8-10-17)12-22-20(24)15(2)23(4)13-18-11-19(16(3)27-18)21(25)26-5/h6-11,14-15H,12-13H2,1-5H3,(H,22,24). The number of carbonyl (C=O) groups excluding carboxylic acids is 2. The first-order valence-electron chi connectivity index (χ1n) is 9.04. The third-order valence-corrected chi connectivity index (χ3v) is 4.77. The van der Waals surface area contributed by atoms with Crippen LogP contribution in [0.4, 0.5) is 0 Å². The summed E-state index contributed by atoms with van der Waals surface area (Å²) in [4.78, 5) is 26.0. The van der Waals surface area contributed by atoms with Crippen LogP contribution >= 0.6 is 0 Å². The number of furan rings is 1. The second kappa shape index (κ2) is 9.37. The minimum absolute atomic E-state index is 0.0447. The van der Waals surface area contributed by atoms with Crippen molar-refractivity contribution in [1.29, 1.82) is 0 Å². The van der Waals surface area contributed by atoms with E-state index in [1.165, 1.54) is 12.7 Å². The van der Waals surface area contributed by atoms with Gasteiger partial charge < -0.3 is 14.5 Å². The molecule has 1 aromatic carbocycles. The van der Waals surface area contributed by atoms with E-state index < -0.39 is 5.97 Å². The van der Waals surface area contributed by atoms with Crippen LogP contribution in [-0.4, -0.2) is 43.5 Å². The quantitative estimate of drug-likeness (QED) is 0.721. The first-order valence-corrected chi connectivity index (χ1v) is 9.04. The van der Waals surface area contributed by atoms with Gasteiger partial charge in [0.05, 0.1) is 19.7 Å². The number of hydrogen-bond acceptors (Lipinski definition) is 5. The number of amides is 1. The zero-order valence-corrected chi connectivity index (χ0v) is 16.6. The smallest absolute Gasteiger partial charge is 0.341 e. The molecule has 2 aromatic rings. The highest BCUT2D eigenvalue weighted by atomic mass is 16.5. The van der Waals surface area contributed by atoms with Crippen molar-refractivity contribution in [2.24, 2.45) is 0 Å². The summed E-state index contributed by atoms with van der Waals surface area (Å²) in [5.74, 6) is 0.900. The van der Waals surface area contributed by atoms with Crippen LogP contribution < -0.4 is 5.32 Å². The summed E-state index contributed by atoms with van der Waals surface area (Å²) in [7, 11) is 3.18. The van der Waals surface area contributed by atoms with Gasteiger partial charge in [-0.1, -0.05) is 37.3 Å². The zero-order valence-electron chi connectivity index (χ0n) is 16.6. The molecule has 0 aliphatic heterocycles. The summed E-state index contributed by atoms with van der Waals surface area (Å²) in [5, 5.41) is 3.01. The van der Waals surface area contributed by atoms with Gasteiger partial charge in [0.1, 0.15) is 17.1 Å². The number of esters is 1. The first-order chi connectivity index (χ1) is 12.8. The Morgan fingerprint density at radius 2 is 1.89 bits per heavy atom. The van der Waals surface area contributed by atoms with E-state index >= 15 is 0 Å². The maximum absolute atomic E-state index is 12.5. The SMILES string of the molecule is COC(=O)c1cc(CN(C)C(C)C(=O)NCC(C)c2ccccc2)oc1C. The lowest BCUT2D eigenvalue weighted by molar-refractivity contribution is -0.125. The molecule has 0 saturated heterocycles. The third kappa shape index (κ3) is 5.44. The molecule has 0 saturated carbocycles. The van der Waals surface area contributed by atoms with Crippen molar-refractivity contribution in [2.75, 3.05) is 20.7 Å². The molecular weight excluding hydrogens is 344 g/mol. The average Bonchev–Trinajstić information content (AvgIpc) is 3.05. The van der Waals surface area contributed by atoms with E-state index in [0.29, 0.717) is 30.2 Å². The fourth-order valence-electron chi connectivity index (χ4n) is 2.82. The Kier molecular flexibility index (Phi) is 7.19. The molecule has 0 fully saturated rings. The molecule has 27 heavy (non-hydrogen) atoms. The molecule has 6 nitrogen and oxygen atoms in total. The lowest BCUT2D eigenvalue weighted by Gasteiger charge is -2.23. The number of likely N-dealkylation sites (N-methyl/N-ethyl adjacent to an activating group) is 1. The van der Waals surface area contributed by atoms with E-state index in [-0.39, 0.29) is 17.9 Å². The maximum Gasteiger partial charge on any atom is 0.341 e. The topological polar surface area (TPSA) is 71.8 Å². The summed E-state index contributed by atoms with van der Waals surface area (Å²) >= 11 is 0. The molecule has 6 heteroatoms. The van der Waals surface area contributed by atoms with E-state index in [1.54, 1.807) is 13.0 Å². The van der Waals surface area contributed by atoms with Crippen LogP contribution in [0.1, 0.15) is 47.2 Å². The molecule has 1 amide bonds. The molecule has 1 N–H and O–H groups in total. The van der Waals surface area contributed by atoms with Crippen LogP contribution in [0.5, 0.6) is 0 Å². The minimum Gasteiger partial charge on any atom is -0.465 e. The molecule has 2 unspecified atom stereocenters. The van der Waals surface area contributed by atoms with Gasteiger partial charge in [0.15, 0.2) is 0 Å². The molecular formula is C21H28N2O4. The van der Waals surface area contributed by atoms with Crippen molar-refractivity contribution in [2.45, 2.75) is 39.3 Å². The largest absolute Gasteiger partial charge is 0.465 e. The van der Waals surface area contributed by atoms with E-state index in [2.05, 4.69) is 24.4 Å². The molecule has 1 aromatic heterocycles. The Labute approximate surface area is 160 Å². The number of carbonyl (C=O) groups is 2. The third-order valence-electron chi connectivity index (χ3n) is 4.77. The number of benzene rings is 1. The highest BCUT2D eigenvalue weighted by Crippen LogP contribution is 2.18. The number of nitrogens with zero attached hydrogens (tertiary/aromatic N) is 1. The number of ether oxygens (including phenoxy) is 1. The Morgan fingerprint density at radius 3 is 2.52 bits per heavy atom. The fraction of sp³-hybridized carbons (Fsp3) is 0.429. The van der Waals surface area contributed by atoms with Crippen molar-refractivity contribution in [3.8, 4) is 0 Å². The highest BCUT2D eigenvalue weighted by Gasteiger charge is 2.22. The molecule has 2 rings (SSSR count). The van der Waals surface area contributed by atoms with Crippen LogP contribution in [0, 0.1) is 6.92 Å². The lowest BCUT2D eigenvalue weighted by Crippen LogP contribution is -2.43. The van der Waals surface area contributed by atoms with E-state index in [4.69, 9.17) is 9.15 Å². The monoisotopic (exact) mass is 372 g/mol. The zero-order chi connectivity index (χ0) is 20.0. The van der Waals surface area contributed by atoms with Crippen LogP contribution in [-0.2, 0) is 16.1 Å². The van der Waals surface area contributed by atoms with Gasteiger partial charge in [0.2, 0.25) is 5.91 Å². The highest BCUT2D eigenvalue weighted by molar-refractivity contribution is 5.90. The van der Waals surface area contributed by atoms with Crippen molar-refractivity contribution < 1.29 is 18.7 Å². The minimum atomic E-state index is -0.425. The summed E-state index contributed by atoms with van der Waals surface area (Å²) in [6.07, 6.45) is 0. The van der Waals surface area contributed by atoms with E-state index in [9.17, 15) is 9.59 Å². The molecule has 1 heterocycles. The van der Waals surface area contributed by atoms with Gasteiger partial charge in [-0.3, -0.25) is 9.69 Å². The Balaban J connectivity index is 1.89. The maximum atomic E-state index is 12.5. The van der Waals surface area contributed by atoms with Crippen LogP contribution in [0.3, 0.4) is 0 Å². The second-order valence-electron chi connectivity index (χ2n) is 6.82. The molecule has 0 radical (unpaired) electrons. The molecule has 2 atom stereocenters. The Hall–Kier alpha value is -2.60. The Bertz CT molecular complexity index is 770. The van der Waals surface area contributed by atoms with Crippen LogP contribution in [0.15, 0.2) is 40.8 Å². The van der Waals surface area contributed by atoms with Crippen molar-refractivity contribution in [3.63, 3.8) is 0 Å². The van der Waals surface area contributed by atoms with Crippen molar-refractivity contribution in [3.05, 3.63) is 59.0 Å². The predicted molar refractivity (Wildman–Crippen MR) is 104 cm³/mol. The second-order valence-corrected chi connectivity index (χ2v) is 6.82. The summed E-state index contributed by atoms with van der Waals surface area (Å²) in [6, 6.07) is 11.4. The van der Waals surface area contributed by atoms with Gasteiger partial charge in [-0.25, -0.2) is 4.79 Å². The van der Waals surface area contributed by atoms with Gasteiger partial charge in [-0.05, 0) is 38.4 Å². The summed E-state index contributed by atoms with van der Waals surface area (Å²) in [5.41, 5.74) is 1.61. The number of nitrogens with one attached hydrogen (secondary N) is 1. The molecule has 0 aliphatic carbocycles. The number of aryl methyl sites for hydroxylation is 1. The van der Waals surface area contributed by atoms with Crippen molar-refractivity contribution >= 4 is 11.9 Å². The fourth-order valence-corrected chi connectivity index (χ4v) is 2.82. The van der Waals surface area contributed by atoms with Crippen molar-refractivity contribution in [1.82, 2.24) is 10.2 Å². The average molecular weight is 372 g/mol. The lowest BCUT2D eigenvalue weighted by atomic mass is 10.0. The van der Waals surface area contributed by atoms with E-state index in [0.717, 1.165) is 0 Å². The molecule has 0 spiro atoms. The number of hydrogen-bond donors (Lipinski definition) is 1. The summed E-state index contributed by atoms with van der Waals surface area (Å²) in [6.45, 7) is 6.65. The van der Waals surface area contributed by atoms with Gasteiger partial charge in [0.25, 0.3) is 0 Å². The Morgan fingerprint density at radius 1 is 1.22 bits per heavy atom. The van der Waals surface area contributed by atoms with Gasteiger partial charge in [0, 0.05) is 6.54 Å². The molecule has 0 aliphatic rings. The van der Waals surface area contributed by atoms with Crippen LogP contribution in [0.2, 0.25) is 0 Å². The molecule has 146 valence electrons.